The van der Waals surface area contributed by atoms with E-state index < -0.39 is 0 Å². The minimum atomic E-state index is -0.156. The van der Waals surface area contributed by atoms with E-state index in [-0.39, 0.29) is 11.8 Å². The second-order valence-electron chi connectivity index (χ2n) is 5.98. The molecule has 1 aliphatic rings. The molecule has 2 aromatic carbocycles. The van der Waals surface area contributed by atoms with Gasteiger partial charge in [-0.3, -0.25) is 4.79 Å². The SMILES string of the molecule is CCOc1ccc(Br)c(C[C@H]2C(=O)Nc3c(C)cc(C)cc32)c1. The van der Waals surface area contributed by atoms with Crippen molar-refractivity contribution in [3.63, 3.8) is 0 Å². The first kappa shape index (κ1) is 16.1. The van der Waals surface area contributed by atoms with E-state index in [9.17, 15) is 4.79 Å². The molecule has 2 aromatic rings. The minimum absolute atomic E-state index is 0.0717. The number of amides is 1. The maximum Gasteiger partial charge on any atom is 0.232 e. The Hall–Kier alpha value is -1.81. The molecular formula is C19H20BrNO2. The number of halogens is 1. The van der Waals surface area contributed by atoms with Gasteiger partial charge in [0.05, 0.1) is 12.5 Å². The van der Waals surface area contributed by atoms with Crippen LogP contribution in [0.25, 0.3) is 0 Å². The van der Waals surface area contributed by atoms with Crippen LogP contribution in [0.3, 0.4) is 0 Å². The maximum absolute atomic E-state index is 12.5. The summed E-state index contributed by atoms with van der Waals surface area (Å²) in [4.78, 5) is 12.5. The van der Waals surface area contributed by atoms with Gasteiger partial charge in [-0.05, 0) is 62.1 Å². The van der Waals surface area contributed by atoms with E-state index in [1.54, 1.807) is 0 Å². The van der Waals surface area contributed by atoms with Crippen LogP contribution in [0, 0.1) is 13.8 Å². The van der Waals surface area contributed by atoms with Gasteiger partial charge in [-0.2, -0.15) is 0 Å². The number of hydrogen-bond acceptors (Lipinski definition) is 2. The summed E-state index contributed by atoms with van der Waals surface area (Å²) in [5.41, 5.74) is 5.47. The summed E-state index contributed by atoms with van der Waals surface area (Å²) in [5.74, 6) is 0.754. The molecule has 4 heteroatoms. The number of rotatable bonds is 4. The first-order valence-corrected chi connectivity index (χ1v) is 8.62. The zero-order valence-electron chi connectivity index (χ0n) is 13.6. The molecule has 1 amide bonds. The van der Waals surface area contributed by atoms with Gasteiger partial charge in [0.25, 0.3) is 0 Å². The fraction of sp³-hybridized carbons (Fsp3) is 0.316. The molecule has 0 spiro atoms. The molecule has 1 heterocycles. The van der Waals surface area contributed by atoms with Crippen molar-refractivity contribution in [1.29, 1.82) is 0 Å². The minimum Gasteiger partial charge on any atom is -0.494 e. The molecule has 0 saturated carbocycles. The summed E-state index contributed by atoms with van der Waals surface area (Å²) in [6.07, 6.45) is 0.656. The number of anilines is 1. The molecule has 1 N–H and O–H groups in total. The highest BCUT2D eigenvalue weighted by molar-refractivity contribution is 9.10. The van der Waals surface area contributed by atoms with Crippen molar-refractivity contribution in [1.82, 2.24) is 0 Å². The summed E-state index contributed by atoms with van der Waals surface area (Å²) in [5, 5.41) is 3.04. The molecule has 1 aliphatic heterocycles. The van der Waals surface area contributed by atoms with Gasteiger partial charge in [0.15, 0.2) is 0 Å². The number of carbonyl (C=O) groups excluding carboxylic acids is 1. The largest absolute Gasteiger partial charge is 0.494 e. The highest BCUT2D eigenvalue weighted by atomic mass is 79.9. The van der Waals surface area contributed by atoms with E-state index >= 15 is 0 Å². The van der Waals surface area contributed by atoms with Gasteiger partial charge < -0.3 is 10.1 Å². The summed E-state index contributed by atoms with van der Waals surface area (Å²) >= 11 is 3.59. The van der Waals surface area contributed by atoms with Crippen LogP contribution >= 0.6 is 15.9 Å². The second kappa shape index (κ2) is 6.36. The molecule has 0 aromatic heterocycles. The van der Waals surface area contributed by atoms with E-state index in [2.05, 4.69) is 40.3 Å². The first-order valence-electron chi connectivity index (χ1n) is 7.82. The van der Waals surface area contributed by atoms with Crippen molar-refractivity contribution >= 4 is 27.5 Å². The molecule has 0 fully saturated rings. The van der Waals surface area contributed by atoms with Crippen molar-refractivity contribution < 1.29 is 9.53 Å². The van der Waals surface area contributed by atoms with Gasteiger partial charge in [-0.25, -0.2) is 0 Å². The third kappa shape index (κ3) is 3.13. The number of ether oxygens (including phenoxy) is 1. The van der Waals surface area contributed by atoms with Gasteiger partial charge in [-0.1, -0.05) is 33.6 Å². The van der Waals surface area contributed by atoms with Crippen LogP contribution in [-0.2, 0) is 11.2 Å². The molecule has 0 unspecified atom stereocenters. The lowest BCUT2D eigenvalue weighted by atomic mass is 9.91. The van der Waals surface area contributed by atoms with Gasteiger partial charge in [0, 0.05) is 10.2 Å². The van der Waals surface area contributed by atoms with E-state index in [0.29, 0.717) is 13.0 Å². The van der Waals surface area contributed by atoms with Gasteiger partial charge in [0.1, 0.15) is 5.75 Å². The third-order valence-corrected chi connectivity index (χ3v) is 4.98. The predicted octanol–water partition coefficient (Wildman–Crippen LogP) is 4.74. The van der Waals surface area contributed by atoms with Crippen molar-refractivity contribution in [3.8, 4) is 5.75 Å². The van der Waals surface area contributed by atoms with Crippen LogP contribution in [0.15, 0.2) is 34.8 Å². The third-order valence-electron chi connectivity index (χ3n) is 4.20. The Bertz CT molecular complexity index is 770. The van der Waals surface area contributed by atoms with E-state index in [1.807, 2.05) is 32.0 Å². The van der Waals surface area contributed by atoms with Crippen LogP contribution in [0.2, 0.25) is 0 Å². The highest BCUT2D eigenvalue weighted by Gasteiger charge is 2.32. The summed E-state index contributed by atoms with van der Waals surface area (Å²) in [7, 11) is 0. The Balaban J connectivity index is 1.96. The average molecular weight is 374 g/mol. The van der Waals surface area contributed by atoms with Crippen molar-refractivity contribution in [2.45, 2.75) is 33.1 Å². The number of fused-ring (bicyclic) bond motifs is 1. The average Bonchev–Trinajstić information content (AvgIpc) is 2.80. The number of hydrogen-bond donors (Lipinski definition) is 1. The highest BCUT2D eigenvalue weighted by Crippen LogP contribution is 2.39. The lowest BCUT2D eigenvalue weighted by Crippen LogP contribution is -2.14. The van der Waals surface area contributed by atoms with Gasteiger partial charge in [0.2, 0.25) is 5.91 Å². The zero-order chi connectivity index (χ0) is 16.6. The lowest BCUT2D eigenvalue weighted by molar-refractivity contribution is -0.117. The first-order chi connectivity index (χ1) is 11.0. The van der Waals surface area contributed by atoms with Crippen molar-refractivity contribution in [3.05, 3.63) is 57.1 Å². The Morgan fingerprint density at radius 1 is 1.22 bits per heavy atom. The Morgan fingerprint density at radius 3 is 2.74 bits per heavy atom. The molecule has 0 radical (unpaired) electrons. The quantitative estimate of drug-likeness (QED) is 0.839. The lowest BCUT2D eigenvalue weighted by Gasteiger charge is -2.13. The molecule has 3 nitrogen and oxygen atoms in total. The fourth-order valence-corrected chi connectivity index (χ4v) is 3.59. The van der Waals surface area contributed by atoms with E-state index in [4.69, 9.17) is 4.74 Å². The zero-order valence-corrected chi connectivity index (χ0v) is 15.2. The van der Waals surface area contributed by atoms with Crippen molar-refractivity contribution in [2.75, 3.05) is 11.9 Å². The van der Waals surface area contributed by atoms with Gasteiger partial charge in [-0.15, -0.1) is 0 Å². The molecule has 23 heavy (non-hydrogen) atoms. The summed E-state index contributed by atoms with van der Waals surface area (Å²) < 4.78 is 6.59. The van der Waals surface area contributed by atoms with Crippen molar-refractivity contribution in [2.24, 2.45) is 0 Å². The van der Waals surface area contributed by atoms with Gasteiger partial charge >= 0.3 is 0 Å². The monoisotopic (exact) mass is 373 g/mol. The van der Waals surface area contributed by atoms with Crippen LogP contribution < -0.4 is 10.1 Å². The van der Waals surface area contributed by atoms with Crippen LogP contribution in [0.5, 0.6) is 5.75 Å². The molecule has 0 aliphatic carbocycles. The molecule has 3 rings (SSSR count). The Morgan fingerprint density at radius 2 is 2.00 bits per heavy atom. The second-order valence-corrected chi connectivity index (χ2v) is 6.83. The fourth-order valence-electron chi connectivity index (χ4n) is 3.18. The molecular weight excluding hydrogens is 354 g/mol. The number of aryl methyl sites for hydroxylation is 2. The molecule has 0 bridgehead atoms. The molecule has 0 saturated heterocycles. The van der Waals surface area contributed by atoms with Crippen LogP contribution in [0.4, 0.5) is 5.69 Å². The Labute approximate surface area is 145 Å². The summed E-state index contributed by atoms with van der Waals surface area (Å²) in [6, 6.07) is 10.2. The smallest absolute Gasteiger partial charge is 0.232 e. The maximum atomic E-state index is 12.5. The predicted molar refractivity (Wildman–Crippen MR) is 96.3 cm³/mol. The molecule has 120 valence electrons. The number of benzene rings is 2. The summed E-state index contributed by atoms with van der Waals surface area (Å²) in [6.45, 7) is 6.71. The van der Waals surface area contributed by atoms with Crippen LogP contribution in [-0.4, -0.2) is 12.5 Å². The number of nitrogens with one attached hydrogen (secondary N) is 1. The normalized spacial score (nSPS) is 16.2. The number of carbonyl (C=O) groups is 1. The standard InChI is InChI=1S/C19H20BrNO2/c1-4-23-14-5-6-17(20)13(9-14)10-16-15-8-11(2)7-12(3)18(15)21-19(16)22/h5-9,16H,4,10H2,1-3H3,(H,21,22)/t16-/m1/s1. The van der Waals surface area contributed by atoms with Crippen LogP contribution in [0.1, 0.15) is 35.1 Å². The topological polar surface area (TPSA) is 38.3 Å². The Kier molecular flexibility index (Phi) is 4.44. The van der Waals surface area contributed by atoms with E-state index in [1.165, 1.54) is 5.56 Å². The van der Waals surface area contributed by atoms with E-state index in [0.717, 1.165) is 32.6 Å². The molecule has 1 atom stereocenters.